The van der Waals surface area contributed by atoms with E-state index in [1.165, 1.54) is 7.11 Å². The fourth-order valence-electron chi connectivity index (χ4n) is 1.91. The molecule has 0 spiro atoms. The van der Waals surface area contributed by atoms with Crippen LogP contribution < -0.4 is 20.5 Å². The van der Waals surface area contributed by atoms with Gasteiger partial charge in [-0.25, -0.2) is 4.98 Å². The van der Waals surface area contributed by atoms with Crippen molar-refractivity contribution in [2.24, 2.45) is 0 Å². The minimum absolute atomic E-state index is 0.286. The van der Waals surface area contributed by atoms with E-state index in [0.29, 0.717) is 29.8 Å². The maximum absolute atomic E-state index is 6.00. The monoisotopic (exact) mass is 304 g/mol. The zero-order chi connectivity index (χ0) is 15.9. The number of hydrogen-bond acceptors (Lipinski definition) is 7. The number of benzene rings is 1. The van der Waals surface area contributed by atoms with Crippen LogP contribution in [0.3, 0.4) is 0 Å². The van der Waals surface area contributed by atoms with Gasteiger partial charge in [-0.1, -0.05) is 12.1 Å². The quantitative estimate of drug-likeness (QED) is 0.806. The van der Waals surface area contributed by atoms with Gasteiger partial charge in [0.25, 0.3) is 0 Å². The maximum Gasteiger partial charge on any atom is 0.242 e. The predicted molar refractivity (Wildman–Crippen MR) is 84.0 cm³/mol. The van der Waals surface area contributed by atoms with Gasteiger partial charge in [-0.15, -0.1) is 0 Å². The number of hydrogen-bond donors (Lipinski definition) is 2. The van der Waals surface area contributed by atoms with Gasteiger partial charge >= 0.3 is 0 Å². The van der Waals surface area contributed by atoms with Crippen LogP contribution in [0.5, 0.6) is 11.6 Å². The van der Waals surface area contributed by atoms with Gasteiger partial charge in [0.1, 0.15) is 18.0 Å². The zero-order valence-electron chi connectivity index (χ0n) is 12.9. The fourth-order valence-corrected chi connectivity index (χ4v) is 1.91. The number of ether oxygens (including phenoxy) is 3. The molecule has 0 radical (unpaired) electrons. The zero-order valence-corrected chi connectivity index (χ0v) is 12.9. The van der Waals surface area contributed by atoms with Crippen molar-refractivity contribution in [3.63, 3.8) is 0 Å². The third kappa shape index (κ3) is 3.76. The Hall–Kier alpha value is -2.54. The molecule has 0 atom stereocenters. The van der Waals surface area contributed by atoms with Crippen LogP contribution in [-0.2, 0) is 17.9 Å². The van der Waals surface area contributed by atoms with Crippen molar-refractivity contribution in [2.45, 2.75) is 13.2 Å². The van der Waals surface area contributed by atoms with E-state index in [1.807, 2.05) is 24.3 Å². The van der Waals surface area contributed by atoms with Crippen LogP contribution in [0, 0.1) is 0 Å². The number of anilines is 2. The van der Waals surface area contributed by atoms with Crippen molar-refractivity contribution in [3.05, 3.63) is 35.7 Å². The Balaban J connectivity index is 2.14. The van der Waals surface area contributed by atoms with Gasteiger partial charge in [-0.3, -0.25) is 0 Å². The predicted octanol–water partition coefficient (Wildman–Crippen LogP) is 1.83. The summed E-state index contributed by atoms with van der Waals surface area (Å²) in [7, 11) is 4.73. The number of nitrogens with one attached hydrogen (secondary N) is 1. The molecule has 1 heterocycles. The summed E-state index contributed by atoms with van der Waals surface area (Å²) >= 11 is 0. The normalized spacial score (nSPS) is 10.3. The summed E-state index contributed by atoms with van der Waals surface area (Å²) < 4.78 is 15.3. The Morgan fingerprint density at radius 3 is 2.36 bits per heavy atom. The minimum Gasteiger partial charge on any atom is -0.497 e. The Bertz CT molecular complexity index is 617. The average molecular weight is 304 g/mol. The molecule has 7 nitrogen and oxygen atoms in total. The van der Waals surface area contributed by atoms with Crippen molar-refractivity contribution in [1.29, 1.82) is 0 Å². The second kappa shape index (κ2) is 7.46. The second-order valence-corrected chi connectivity index (χ2v) is 4.55. The highest BCUT2D eigenvalue weighted by molar-refractivity contribution is 5.67. The molecule has 0 amide bonds. The van der Waals surface area contributed by atoms with Crippen LogP contribution in [-0.4, -0.2) is 31.3 Å². The smallest absolute Gasteiger partial charge is 0.242 e. The molecule has 0 aliphatic heterocycles. The van der Waals surface area contributed by atoms with E-state index in [9.17, 15) is 0 Å². The van der Waals surface area contributed by atoms with E-state index in [0.717, 1.165) is 11.3 Å². The fraction of sp³-hybridized carbons (Fsp3) is 0.333. The molecule has 2 rings (SSSR count). The van der Waals surface area contributed by atoms with Gasteiger partial charge in [-0.2, -0.15) is 4.98 Å². The number of nitrogens with zero attached hydrogens (tertiary/aromatic N) is 2. The Labute approximate surface area is 129 Å². The summed E-state index contributed by atoms with van der Waals surface area (Å²) in [5, 5.41) is 3.19. The lowest BCUT2D eigenvalue weighted by molar-refractivity contribution is 0.177. The second-order valence-electron chi connectivity index (χ2n) is 4.55. The Morgan fingerprint density at radius 2 is 1.77 bits per heavy atom. The molecule has 0 aliphatic rings. The summed E-state index contributed by atoms with van der Waals surface area (Å²) in [6, 6.07) is 7.74. The highest BCUT2D eigenvalue weighted by Crippen LogP contribution is 2.26. The number of nitrogen functional groups attached to an aromatic ring is 1. The molecule has 0 bridgehead atoms. The van der Waals surface area contributed by atoms with Crippen LogP contribution in [0.1, 0.15) is 11.4 Å². The molecule has 0 aliphatic carbocycles. The lowest BCUT2D eigenvalue weighted by atomic mass is 10.2. The summed E-state index contributed by atoms with van der Waals surface area (Å²) in [5.41, 5.74) is 7.44. The first-order valence-corrected chi connectivity index (χ1v) is 6.74. The minimum atomic E-state index is 0.286. The van der Waals surface area contributed by atoms with Crippen LogP contribution in [0.4, 0.5) is 11.5 Å². The van der Waals surface area contributed by atoms with Crippen LogP contribution >= 0.6 is 0 Å². The van der Waals surface area contributed by atoms with E-state index >= 15 is 0 Å². The molecule has 0 saturated carbocycles. The molecule has 0 unspecified atom stereocenters. The van der Waals surface area contributed by atoms with Crippen molar-refractivity contribution in [2.75, 3.05) is 32.4 Å². The lowest BCUT2D eigenvalue weighted by Gasteiger charge is -2.13. The van der Waals surface area contributed by atoms with Gasteiger partial charge in [0, 0.05) is 13.7 Å². The third-order valence-electron chi connectivity index (χ3n) is 3.04. The molecule has 22 heavy (non-hydrogen) atoms. The number of nitrogens with two attached hydrogens (primary N) is 1. The molecular formula is C15H20N4O3. The Morgan fingerprint density at radius 1 is 1.05 bits per heavy atom. The van der Waals surface area contributed by atoms with Crippen molar-refractivity contribution < 1.29 is 14.2 Å². The molecule has 118 valence electrons. The van der Waals surface area contributed by atoms with E-state index in [-0.39, 0.29) is 6.61 Å². The van der Waals surface area contributed by atoms with Crippen LogP contribution in [0.15, 0.2) is 24.3 Å². The van der Waals surface area contributed by atoms with Gasteiger partial charge < -0.3 is 25.3 Å². The molecule has 1 aromatic heterocycles. The number of rotatable bonds is 7. The van der Waals surface area contributed by atoms with E-state index in [1.54, 1.807) is 14.2 Å². The topological polar surface area (TPSA) is 91.5 Å². The van der Waals surface area contributed by atoms with Crippen LogP contribution in [0.2, 0.25) is 0 Å². The first kappa shape index (κ1) is 15.8. The molecule has 0 fully saturated rings. The van der Waals surface area contributed by atoms with E-state index in [2.05, 4.69) is 15.3 Å². The van der Waals surface area contributed by atoms with Crippen molar-refractivity contribution in [1.82, 2.24) is 9.97 Å². The van der Waals surface area contributed by atoms with Crippen molar-refractivity contribution in [3.8, 4) is 11.6 Å². The maximum atomic E-state index is 6.00. The number of methoxy groups -OCH3 is 3. The summed E-state index contributed by atoms with van der Waals surface area (Å²) in [6.45, 7) is 0.856. The number of aromatic nitrogens is 2. The highest BCUT2D eigenvalue weighted by atomic mass is 16.5. The largest absolute Gasteiger partial charge is 0.497 e. The van der Waals surface area contributed by atoms with Crippen molar-refractivity contribution >= 4 is 11.5 Å². The highest BCUT2D eigenvalue weighted by Gasteiger charge is 2.12. The van der Waals surface area contributed by atoms with Gasteiger partial charge in [-0.05, 0) is 17.7 Å². The lowest BCUT2D eigenvalue weighted by Crippen LogP contribution is -2.10. The first-order chi connectivity index (χ1) is 10.7. The molecule has 0 saturated heterocycles. The molecule has 3 N–H and O–H groups in total. The van der Waals surface area contributed by atoms with E-state index < -0.39 is 0 Å². The van der Waals surface area contributed by atoms with Gasteiger partial charge in [0.05, 0.1) is 14.2 Å². The third-order valence-corrected chi connectivity index (χ3v) is 3.04. The van der Waals surface area contributed by atoms with Crippen LogP contribution in [0.25, 0.3) is 0 Å². The van der Waals surface area contributed by atoms with Gasteiger partial charge in [0.15, 0.2) is 11.6 Å². The average Bonchev–Trinajstić information content (AvgIpc) is 2.55. The first-order valence-electron chi connectivity index (χ1n) is 6.74. The summed E-state index contributed by atoms with van der Waals surface area (Å²) in [6.07, 6.45) is 0. The SMILES string of the molecule is COCc1nc(NCc2ccc(OC)cc2)c(N)c(OC)n1. The molecular weight excluding hydrogens is 284 g/mol. The standard InChI is InChI=1S/C15H20N4O3/c1-20-9-12-18-14(13(16)15(19-12)22-3)17-8-10-4-6-11(21-2)7-5-10/h4-7H,8-9,16H2,1-3H3,(H,17,18,19). The summed E-state index contributed by atoms with van der Waals surface area (Å²) in [5.74, 6) is 2.18. The summed E-state index contributed by atoms with van der Waals surface area (Å²) in [4.78, 5) is 8.52. The molecule has 2 aromatic rings. The van der Waals surface area contributed by atoms with Gasteiger partial charge in [0.2, 0.25) is 5.88 Å². The molecule has 7 heteroatoms. The molecule has 1 aromatic carbocycles. The Kier molecular flexibility index (Phi) is 5.37. The van der Waals surface area contributed by atoms with E-state index in [4.69, 9.17) is 19.9 Å².